The highest BCUT2D eigenvalue weighted by atomic mass is 16.5. The van der Waals surface area contributed by atoms with Crippen LogP contribution >= 0.6 is 0 Å². The van der Waals surface area contributed by atoms with Gasteiger partial charge < -0.3 is 15.0 Å². The summed E-state index contributed by atoms with van der Waals surface area (Å²) >= 11 is 0. The number of rotatable bonds is 6. The predicted octanol–water partition coefficient (Wildman–Crippen LogP) is 4.08. The molecule has 0 bridgehead atoms. The number of hydrogen-bond donors (Lipinski definition) is 1. The van der Waals surface area contributed by atoms with Gasteiger partial charge in [-0.05, 0) is 67.8 Å². The molecule has 0 spiro atoms. The van der Waals surface area contributed by atoms with E-state index in [0.717, 1.165) is 29.1 Å². The highest BCUT2D eigenvalue weighted by molar-refractivity contribution is 6.03. The number of carbonyl (C=O) groups is 2. The van der Waals surface area contributed by atoms with E-state index in [1.165, 1.54) is 5.56 Å². The van der Waals surface area contributed by atoms with Crippen LogP contribution in [0.25, 0.3) is 0 Å². The third-order valence-electron chi connectivity index (χ3n) is 4.89. The lowest BCUT2D eigenvalue weighted by Crippen LogP contribution is -2.28. The number of anilines is 2. The summed E-state index contributed by atoms with van der Waals surface area (Å²) in [5.74, 6) is 0.292. The molecule has 1 aliphatic heterocycles. The number of nitrogens with one attached hydrogen (secondary N) is 1. The van der Waals surface area contributed by atoms with E-state index in [1.54, 1.807) is 4.90 Å². The number of hydrogen-bond acceptors (Lipinski definition) is 3. The predicted molar refractivity (Wildman–Crippen MR) is 107 cm³/mol. The van der Waals surface area contributed by atoms with Crippen molar-refractivity contribution < 1.29 is 14.3 Å². The molecule has 1 aliphatic rings. The summed E-state index contributed by atoms with van der Waals surface area (Å²) in [6, 6.07) is 13.3. The topological polar surface area (TPSA) is 58.6 Å². The minimum absolute atomic E-state index is 0.0301. The van der Waals surface area contributed by atoms with Gasteiger partial charge in [0, 0.05) is 24.3 Å². The van der Waals surface area contributed by atoms with Crippen LogP contribution < -0.4 is 15.0 Å². The zero-order valence-electron chi connectivity index (χ0n) is 16.1. The molecule has 1 saturated heterocycles. The molecule has 1 heterocycles. The van der Waals surface area contributed by atoms with E-state index >= 15 is 0 Å². The third-order valence-corrected chi connectivity index (χ3v) is 4.89. The van der Waals surface area contributed by atoms with Crippen molar-refractivity contribution in [1.29, 1.82) is 0 Å². The fourth-order valence-corrected chi connectivity index (χ4v) is 3.14. The zero-order chi connectivity index (χ0) is 19.4. The first-order valence-corrected chi connectivity index (χ1v) is 9.39. The summed E-state index contributed by atoms with van der Waals surface area (Å²) in [4.78, 5) is 26.7. The number of nitrogens with zero attached hydrogens (tertiary/aromatic N) is 1. The van der Waals surface area contributed by atoms with Crippen LogP contribution in [0.1, 0.15) is 30.9 Å². The molecule has 1 N–H and O–H groups in total. The molecule has 0 aromatic heterocycles. The van der Waals surface area contributed by atoms with Gasteiger partial charge in [0.05, 0.1) is 12.5 Å². The summed E-state index contributed by atoms with van der Waals surface area (Å²) in [6.07, 6.45) is 1.18. The van der Waals surface area contributed by atoms with Crippen LogP contribution in [0.2, 0.25) is 0 Å². The summed E-state index contributed by atoms with van der Waals surface area (Å²) in [5, 5.41) is 2.94. The van der Waals surface area contributed by atoms with Gasteiger partial charge in [-0.15, -0.1) is 0 Å². The molecular formula is C22H26N2O3. The van der Waals surface area contributed by atoms with Gasteiger partial charge in [-0.3, -0.25) is 9.59 Å². The molecule has 1 unspecified atom stereocenters. The van der Waals surface area contributed by atoms with Crippen LogP contribution in [0, 0.1) is 19.8 Å². The highest BCUT2D eigenvalue weighted by Crippen LogP contribution is 2.28. The van der Waals surface area contributed by atoms with E-state index in [4.69, 9.17) is 4.74 Å². The Morgan fingerprint density at radius 1 is 1.15 bits per heavy atom. The quantitative estimate of drug-likeness (QED) is 0.838. The number of carbonyl (C=O) groups excluding carboxylic acids is 2. The summed E-state index contributed by atoms with van der Waals surface area (Å²) in [7, 11) is 0. The minimum atomic E-state index is -0.352. The van der Waals surface area contributed by atoms with Gasteiger partial charge in [0.15, 0.2) is 0 Å². The maximum Gasteiger partial charge on any atom is 0.229 e. The number of amides is 2. The lowest BCUT2D eigenvalue weighted by molar-refractivity contribution is -0.122. The zero-order valence-corrected chi connectivity index (χ0v) is 16.1. The second-order valence-corrected chi connectivity index (χ2v) is 7.04. The molecule has 142 valence electrons. The highest BCUT2D eigenvalue weighted by Gasteiger charge is 2.35. The van der Waals surface area contributed by atoms with E-state index in [1.807, 2.05) is 56.3 Å². The normalized spacial score (nSPS) is 16.5. The first-order valence-electron chi connectivity index (χ1n) is 9.39. The van der Waals surface area contributed by atoms with Crippen molar-refractivity contribution in [2.24, 2.45) is 5.92 Å². The minimum Gasteiger partial charge on any atom is -0.494 e. The van der Waals surface area contributed by atoms with Crippen LogP contribution in [0.4, 0.5) is 11.4 Å². The van der Waals surface area contributed by atoms with Crippen molar-refractivity contribution in [2.45, 2.75) is 33.6 Å². The Morgan fingerprint density at radius 2 is 1.89 bits per heavy atom. The summed E-state index contributed by atoms with van der Waals surface area (Å²) < 4.78 is 5.58. The first-order chi connectivity index (χ1) is 13.0. The monoisotopic (exact) mass is 366 g/mol. The van der Waals surface area contributed by atoms with Crippen LogP contribution in [-0.4, -0.2) is 25.0 Å². The second kappa shape index (κ2) is 8.25. The summed E-state index contributed by atoms with van der Waals surface area (Å²) in [6.45, 7) is 7.17. The second-order valence-electron chi connectivity index (χ2n) is 7.04. The van der Waals surface area contributed by atoms with Gasteiger partial charge in [-0.1, -0.05) is 13.0 Å². The van der Waals surface area contributed by atoms with Crippen molar-refractivity contribution >= 4 is 23.2 Å². The van der Waals surface area contributed by atoms with Crippen LogP contribution in [0.15, 0.2) is 42.5 Å². The van der Waals surface area contributed by atoms with Crippen LogP contribution in [-0.2, 0) is 9.59 Å². The Hall–Kier alpha value is -2.82. The average molecular weight is 366 g/mol. The Labute approximate surface area is 160 Å². The molecule has 2 aromatic carbocycles. The Kier molecular flexibility index (Phi) is 5.79. The van der Waals surface area contributed by atoms with Gasteiger partial charge in [-0.25, -0.2) is 0 Å². The van der Waals surface area contributed by atoms with E-state index in [2.05, 4.69) is 12.2 Å². The van der Waals surface area contributed by atoms with Gasteiger partial charge in [-0.2, -0.15) is 0 Å². The van der Waals surface area contributed by atoms with E-state index < -0.39 is 0 Å². The lowest BCUT2D eigenvalue weighted by atomic mass is 10.1. The molecule has 5 heteroatoms. The van der Waals surface area contributed by atoms with Crippen molar-refractivity contribution in [3.05, 3.63) is 53.6 Å². The SMILES string of the molecule is CCCOc1ccc(N2CC(C(=O)Nc3ccc(C)c(C)c3)CC2=O)cc1. The molecule has 5 nitrogen and oxygen atoms in total. The maximum absolute atomic E-state index is 12.6. The Bertz CT molecular complexity index is 830. The molecule has 1 atom stereocenters. The van der Waals surface area contributed by atoms with Crippen molar-refractivity contribution in [3.63, 3.8) is 0 Å². The van der Waals surface area contributed by atoms with Crippen LogP contribution in [0.3, 0.4) is 0 Å². The molecule has 2 amide bonds. The average Bonchev–Trinajstić information content (AvgIpc) is 3.05. The standard InChI is InChI=1S/C22H26N2O3/c1-4-11-27-20-9-7-19(8-10-20)24-14-17(13-21(24)25)22(26)23-18-6-5-15(2)16(3)12-18/h5-10,12,17H,4,11,13-14H2,1-3H3,(H,23,26). The third kappa shape index (κ3) is 4.48. The van der Waals surface area contributed by atoms with Gasteiger partial charge >= 0.3 is 0 Å². The fourth-order valence-electron chi connectivity index (χ4n) is 3.14. The lowest BCUT2D eigenvalue weighted by Gasteiger charge is -2.17. The van der Waals surface area contributed by atoms with Gasteiger partial charge in [0.1, 0.15) is 5.75 Å². The molecule has 0 saturated carbocycles. The van der Waals surface area contributed by atoms with Crippen molar-refractivity contribution in [2.75, 3.05) is 23.4 Å². The van der Waals surface area contributed by atoms with Crippen molar-refractivity contribution in [1.82, 2.24) is 0 Å². The molecule has 0 radical (unpaired) electrons. The van der Waals surface area contributed by atoms with E-state index in [0.29, 0.717) is 13.2 Å². The van der Waals surface area contributed by atoms with Gasteiger partial charge in [0.25, 0.3) is 0 Å². The number of aryl methyl sites for hydroxylation is 2. The van der Waals surface area contributed by atoms with Crippen LogP contribution in [0.5, 0.6) is 5.75 Å². The fraction of sp³-hybridized carbons (Fsp3) is 0.364. The maximum atomic E-state index is 12.6. The van der Waals surface area contributed by atoms with Gasteiger partial charge in [0.2, 0.25) is 11.8 Å². The molecule has 3 rings (SSSR count). The number of ether oxygens (including phenoxy) is 1. The smallest absolute Gasteiger partial charge is 0.229 e. The van der Waals surface area contributed by atoms with Crippen molar-refractivity contribution in [3.8, 4) is 5.75 Å². The summed E-state index contributed by atoms with van der Waals surface area (Å²) in [5.41, 5.74) is 3.88. The molecule has 0 aliphatic carbocycles. The molecule has 2 aromatic rings. The number of benzene rings is 2. The molecule has 1 fully saturated rings. The molecular weight excluding hydrogens is 340 g/mol. The van der Waals surface area contributed by atoms with E-state index in [-0.39, 0.29) is 24.2 Å². The Balaban J connectivity index is 1.64. The van der Waals surface area contributed by atoms with E-state index in [9.17, 15) is 9.59 Å². The first kappa shape index (κ1) is 19.0. The molecule has 27 heavy (non-hydrogen) atoms. The largest absolute Gasteiger partial charge is 0.494 e. The Morgan fingerprint density at radius 3 is 2.56 bits per heavy atom.